The molecule has 0 aliphatic carbocycles. The maximum absolute atomic E-state index is 11.6. The number of carbonyl (C=O) groups is 2. The summed E-state index contributed by atoms with van der Waals surface area (Å²) >= 11 is 0. The molecule has 2 heterocycles. The Morgan fingerprint density at radius 1 is 1.17 bits per heavy atom. The third-order valence-corrected chi connectivity index (χ3v) is 2.85. The van der Waals surface area contributed by atoms with E-state index in [0.717, 1.165) is 5.39 Å². The van der Waals surface area contributed by atoms with Crippen LogP contribution in [-0.2, 0) is 9.59 Å². The Hall–Kier alpha value is -2.50. The molecule has 1 saturated heterocycles. The van der Waals surface area contributed by atoms with Crippen molar-refractivity contribution in [3.8, 4) is 0 Å². The number of nitrogen functional groups attached to an aromatic ring is 1. The van der Waals surface area contributed by atoms with Gasteiger partial charge >= 0.3 is 0 Å². The molecule has 1 aliphatic heterocycles. The molecule has 2 aromatic rings. The Bertz CT molecular complexity index is 668. The van der Waals surface area contributed by atoms with Gasteiger partial charge in [0.2, 0.25) is 11.9 Å². The highest BCUT2D eigenvalue weighted by atomic mass is 16.2. The van der Waals surface area contributed by atoms with E-state index in [2.05, 4.69) is 9.97 Å². The fourth-order valence-electron chi connectivity index (χ4n) is 1.98. The summed E-state index contributed by atoms with van der Waals surface area (Å²) in [6.45, 7) is 0.0244. The highest BCUT2D eigenvalue weighted by Gasteiger charge is 2.30. The second-order valence-electron chi connectivity index (χ2n) is 4.12. The van der Waals surface area contributed by atoms with Crippen LogP contribution >= 0.6 is 0 Å². The molecule has 1 aromatic heterocycles. The monoisotopic (exact) mass is 242 g/mol. The second-order valence-corrected chi connectivity index (χ2v) is 4.12. The van der Waals surface area contributed by atoms with Crippen LogP contribution in [0.25, 0.3) is 10.9 Å². The number of hydrogen-bond acceptors (Lipinski definition) is 5. The third kappa shape index (κ3) is 1.58. The van der Waals surface area contributed by atoms with Crippen LogP contribution in [0.4, 0.5) is 11.8 Å². The van der Waals surface area contributed by atoms with E-state index < -0.39 is 0 Å². The van der Waals surface area contributed by atoms with E-state index in [1.165, 1.54) is 4.90 Å². The predicted octanol–water partition coefficient (Wildman–Crippen LogP) is 0.518. The molecule has 0 radical (unpaired) electrons. The lowest BCUT2D eigenvalue weighted by atomic mass is 10.2. The quantitative estimate of drug-likeness (QED) is 0.736. The fraction of sp³-hybridized carbons (Fsp3) is 0.167. The summed E-state index contributed by atoms with van der Waals surface area (Å²) in [4.78, 5) is 32.5. The number of amides is 1. The van der Waals surface area contributed by atoms with Crippen molar-refractivity contribution >= 4 is 34.4 Å². The van der Waals surface area contributed by atoms with Gasteiger partial charge in [-0.25, -0.2) is 4.98 Å². The van der Waals surface area contributed by atoms with Gasteiger partial charge in [0, 0.05) is 5.39 Å². The SMILES string of the molecule is Nc1nc(N2CC(=O)CC2=O)nc2ccccc12. The van der Waals surface area contributed by atoms with Crippen molar-refractivity contribution in [2.24, 2.45) is 0 Å². The third-order valence-electron chi connectivity index (χ3n) is 2.85. The Balaban J connectivity index is 2.13. The van der Waals surface area contributed by atoms with Gasteiger partial charge in [-0.15, -0.1) is 0 Å². The van der Waals surface area contributed by atoms with E-state index in [1.54, 1.807) is 6.07 Å². The first kappa shape index (κ1) is 10.6. The number of carbonyl (C=O) groups excluding carboxylic acids is 2. The standard InChI is InChI=1S/C12H10N4O2/c13-11-8-3-1-2-4-9(8)14-12(15-11)16-6-7(17)5-10(16)18/h1-4H,5-6H2,(H2,13,14,15). The smallest absolute Gasteiger partial charge is 0.237 e. The van der Waals surface area contributed by atoms with Crippen molar-refractivity contribution in [3.63, 3.8) is 0 Å². The number of fused-ring (bicyclic) bond motifs is 1. The molecule has 1 aliphatic rings. The van der Waals surface area contributed by atoms with Crippen molar-refractivity contribution in [1.82, 2.24) is 9.97 Å². The van der Waals surface area contributed by atoms with Crippen LogP contribution in [0.1, 0.15) is 6.42 Å². The molecule has 1 amide bonds. The summed E-state index contributed by atoms with van der Waals surface area (Å²) in [6, 6.07) is 7.27. The predicted molar refractivity (Wildman–Crippen MR) is 65.9 cm³/mol. The highest BCUT2D eigenvalue weighted by molar-refractivity contribution is 6.14. The second kappa shape index (κ2) is 3.76. The molecule has 18 heavy (non-hydrogen) atoms. The number of anilines is 2. The topological polar surface area (TPSA) is 89.2 Å². The van der Waals surface area contributed by atoms with Crippen molar-refractivity contribution in [1.29, 1.82) is 0 Å². The van der Waals surface area contributed by atoms with Crippen LogP contribution in [0.5, 0.6) is 0 Å². The number of benzene rings is 1. The van der Waals surface area contributed by atoms with Crippen LogP contribution < -0.4 is 10.6 Å². The largest absolute Gasteiger partial charge is 0.383 e. The maximum atomic E-state index is 11.6. The summed E-state index contributed by atoms with van der Waals surface area (Å²) in [7, 11) is 0. The lowest BCUT2D eigenvalue weighted by molar-refractivity contribution is -0.121. The number of ketones is 1. The Kier molecular flexibility index (Phi) is 2.22. The average Bonchev–Trinajstić information content (AvgIpc) is 2.68. The molecular weight excluding hydrogens is 232 g/mol. The van der Waals surface area contributed by atoms with Gasteiger partial charge in [-0.05, 0) is 12.1 Å². The number of aromatic nitrogens is 2. The zero-order valence-corrected chi connectivity index (χ0v) is 9.46. The molecule has 2 N–H and O–H groups in total. The fourth-order valence-corrected chi connectivity index (χ4v) is 1.98. The minimum Gasteiger partial charge on any atom is -0.383 e. The molecule has 1 aromatic carbocycles. The van der Waals surface area contributed by atoms with Gasteiger partial charge in [-0.1, -0.05) is 12.1 Å². The molecule has 0 saturated carbocycles. The van der Waals surface area contributed by atoms with Crippen LogP contribution in [0.2, 0.25) is 0 Å². The first-order valence-corrected chi connectivity index (χ1v) is 5.49. The number of nitrogens with two attached hydrogens (primary N) is 1. The molecule has 6 heteroatoms. The zero-order valence-electron chi connectivity index (χ0n) is 9.46. The molecule has 1 fully saturated rings. The highest BCUT2D eigenvalue weighted by Crippen LogP contribution is 2.22. The summed E-state index contributed by atoms with van der Waals surface area (Å²) in [5, 5.41) is 0.735. The van der Waals surface area contributed by atoms with Crippen molar-refractivity contribution in [3.05, 3.63) is 24.3 Å². The van der Waals surface area contributed by atoms with Crippen molar-refractivity contribution < 1.29 is 9.59 Å². The summed E-state index contributed by atoms with van der Waals surface area (Å²) < 4.78 is 0. The molecule has 6 nitrogen and oxygen atoms in total. The van der Waals surface area contributed by atoms with E-state index in [1.807, 2.05) is 18.2 Å². The van der Waals surface area contributed by atoms with Crippen LogP contribution in [0.3, 0.4) is 0 Å². The number of rotatable bonds is 1. The van der Waals surface area contributed by atoms with Crippen LogP contribution in [0, 0.1) is 0 Å². The van der Waals surface area contributed by atoms with Gasteiger partial charge in [0.05, 0.1) is 18.5 Å². The maximum Gasteiger partial charge on any atom is 0.237 e. The number of para-hydroxylation sites is 1. The minimum absolute atomic E-state index is 0.0244. The number of hydrogen-bond donors (Lipinski definition) is 1. The number of Topliss-reactive ketones (excluding diaryl/α,β-unsaturated/α-hetero) is 1. The Labute approximate surface area is 102 Å². The summed E-state index contributed by atoms with van der Waals surface area (Å²) in [6.07, 6.45) is -0.0872. The van der Waals surface area contributed by atoms with Crippen LogP contribution in [-0.4, -0.2) is 28.2 Å². The normalized spacial score (nSPS) is 15.7. The Morgan fingerprint density at radius 3 is 2.67 bits per heavy atom. The molecular formula is C12H10N4O2. The molecule has 0 atom stereocenters. The van der Waals surface area contributed by atoms with Gasteiger partial charge in [-0.2, -0.15) is 4.98 Å². The van der Waals surface area contributed by atoms with E-state index in [-0.39, 0.29) is 30.6 Å². The van der Waals surface area contributed by atoms with Crippen molar-refractivity contribution in [2.75, 3.05) is 17.2 Å². The van der Waals surface area contributed by atoms with E-state index in [4.69, 9.17) is 5.73 Å². The van der Waals surface area contributed by atoms with Gasteiger partial charge in [0.15, 0.2) is 5.78 Å². The first-order valence-electron chi connectivity index (χ1n) is 5.49. The Morgan fingerprint density at radius 2 is 1.94 bits per heavy atom. The average molecular weight is 242 g/mol. The minimum atomic E-state index is -0.283. The molecule has 0 spiro atoms. The van der Waals surface area contributed by atoms with Crippen LogP contribution in [0.15, 0.2) is 24.3 Å². The lowest BCUT2D eigenvalue weighted by Crippen LogP contribution is -2.27. The number of nitrogens with zero attached hydrogens (tertiary/aromatic N) is 3. The van der Waals surface area contributed by atoms with Gasteiger partial charge in [0.1, 0.15) is 5.82 Å². The van der Waals surface area contributed by atoms with E-state index in [0.29, 0.717) is 11.3 Å². The van der Waals surface area contributed by atoms with Gasteiger partial charge in [-0.3, -0.25) is 14.5 Å². The molecule has 3 rings (SSSR count). The van der Waals surface area contributed by atoms with E-state index >= 15 is 0 Å². The lowest BCUT2D eigenvalue weighted by Gasteiger charge is -2.13. The van der Waals surface area contributed by atoms with Crippen molar-refractivity contribution in [2.45, 2.75) is 6.42 Å². The van der Waals surface area contributed by atoms with Gasteiger partial charge in [0.25, 0.3) is 0 Å². The molecule has 0 unspecified atom stereocenters. The summed E-state index contributed by atoms with van der Waals surface area (Å²) in [5.41, 5.74) is 6.49. The van der Waals surface area contributed by atoms with Gasteiger partial charge < -0.3 is 5.73 Å². The molecule has 0 bridgehead atoms. The van der Waals surface area contributed by atoms with E-state index in [9.17, 15) is 9.59 Å². The zero-order chi connectivity index (χ0) is 12.7. The first-order chi connectivity index (χ1) is 8.65. The summed E-state index contributed by atoms with van der Waals surface area (Å²) in [5.74, 6) is 0.0924. The molecule has 90 valence electrons.